The Hall–Kier alpha value is -1.65. The van der Waals surface area contributed by atoms with E-state index in [1.807, 2.05) is 11.7 Å². The predicted molar refractivity (Wildman–Crippen MR) is 87.0 cm³/mol. The van der Waals surface area contributed by atoms with Gasteiger partial charge in [-0.2, -0.15) is 5.10 Å². The van der Waals surface area contributed by atoms with Gasteiger partial charge in [0.15, 0.2) is 0 Å². The van der Waals surface area contributed by atoms with E-state index in [1.54, 1.807) is 0 Å². The van der Waals surface area contributed by atoms with E-state index in [9.17, 15) is 0 Å². The first kappa shape index (κ1) is 15.7. The number of hydrogen-bond donors (Lipinski definition) is 2. The highest BCUT2D eigenvalue weighted by Gasteiger charge is 2.13. The monoisotopic (exact) mass is 286 g/mol. The van der Waals surface area contributed by atoms with Crippen molar-refractivity contribution in [3.05, 3.63) is 52.3 Å². The number of nitrogens with two attached hydrogens (primary N) is 1. The molecule has 0 bridgehead atoms. The molecule has 0 amide bonds. The number of hydrogen-bond acceptors (Lipinski definition) is 3. The second-order valence-electron chi connectivity index (χ2n) is 5.87. The Kier molecular flexibility index (Phi) is 5.15. The molecule has 0 aliphatic carbocycles. The number of benzene rings is 1. The zero-order chi connectivity index (χ0) is 15.4. The van der Waals surface area contributed by atoms with Crippen molar-refractivity contribution in [3.63, 3.8) is 0 Å². The molecular formula is C17H26N4. The molecule has 21 heavy (non-hydrogen) atoms. The molecule has 0 aliphatic heterocycles. The molecule has 0 saturated carbocycles. The fourth-order valence-corrected chi connectivity index (χ4v) is 2.85. The minimum absolute atomic E-state index is 0.214. The molecule has 0 radical (unpaired) electrons. The summed E-state index contributed by atoms with van der Waals surface area (Å²) >= 11 is 0. The fraction of sp³-hybridized carbons (Fsp3) is 0.471. The number of nitrogens with zero attached hydrogens (tertiary/aromatic N) is 2. The summed E-state index contributed by atoms with van der Waals surface area (Å²) in [7, 11) is 2.00. The van der Waals surface area contributed by atoms with Crippen LogP contribution in [0.5, 0.6) is 0 Å². The minimum Gasteiger partial charge on any atom is -0.272 e. The number of nitrogens with one attached hydrogen (secondary N) is 1. The van der Waals surface area contributed by atoms with Crippen LogP contribution in [0.15, 0.2) is 24.3 Å². The van der Waals surface area contributed by atoms with Gasteiger partial charge in [-0.05, 0) is 38.3 Å². The van der Waals surface area contributed by atoms with Crippen molar-refractivity contribution in [1.82, 2.24) is 15.2 Å². The molecule has 1 heterocycles. The molecular weight excluding hydrogens is 260 g/mol. The summed E-state index contributed by atoms with van der Waals surface area (Å²) in [5, 5.41) is 4.50. The summed E-state index contributed by atoms with van der Waals surface area (Å²) in [4.78, 5) is 0. The molecule has 0 saturated heterocycles. The molecule has 114 valence electrons. The van der Waals surface area contributed by atoms with Crippen LogP contribution in [0, 0.1) is 13.8 Å². The quantitative estimate of drug-likeness (QED) is 0.632. The molecule has 0 spiro atoms. The first-order chi connectivity index (χ1) is 10.0. The van der Waals surface area contributed by atoms with Gasteiger partial charge in [-0.15, -0.1) is 0 Å². The Morgan fingerprint density at radius 1 is 1.14 bits per heavy atom. The minimum atomic E-state index is 0.214. The standard InChI is InChI=1S/C17H26N4/c1-5-15-10-17(21(4)20-15)11-16(19-18)9-14-7-12(2)6-13(3)8-14/h6-8,10,16,19H,5,9,11,18H2,1-4H3. The lowest BCUT2D eigenvalue weighted by molar-refractivity contribution is 0.505. The van der Waals surface area contributed by atoms with Crippen LogP contribution in [0.25, 0.3) is 0 Å². The maximum Gasteiger partial charge on any atom is 0.0624 e. The highest BCUT2D eigenvalue weighted by molar-refractivity contribution is 5.29. The molecule has 3 N–H and O–H groups in total. The molecule has 2 rings (SSSR count). The maximum absolute atomic E-state index is 5.75. The fourth-order valence-electron chi connectivity index (χ4n) is 2.85. The van der Waals surface area contributed by atoms with Crippen LogP contribution in [-0.2, 0) is 26.3 Å². The van der Waals surface area contributed by atoms with Gasteiger partial charge in [0.2, 0.25) is 0 Å². The van der Waals surface area contributed by atoms with E-state index in [1.165, 1.54) is 22.4 Å². The van der Waals surface area contributed by atoms with Crippen molar-refractivity contribution in [1.29, 1.82) is 0 Å². The number of hydrazine groups is 1. The molecule has 0 fully saturated rings. The number of aryl methyl sites for hydroxylation is 4. The molecule has 4 nitrogen and oxygen atoms in total. The first-order valence-corrected chi connectivity index (χ1v) is 7.57. The molecule has 1 unspecified atom stereocenters. The highest BCUT2D eigenvalue weighted by atomic mass is 15.3. The third kappa shape index (κ3) is 4.16. The van der Waals surface area contributed by atoms with Gasteiger partial charge in [0, 0.05) is 25.2 Å². The van der Waals surface area contributed by atoms with E-state index in [-0.39, 0.29) is 6.04 Å². The molecule has 4 heteroatoms. The van der Waals surface area contributed by atoms with Gasteiger partial charge in [-0.3, -0.25) is 16.0 Å². The lowest BCUT2D eigenvalue weighted by atomic mass is 9.99. The van der Waals surface area contributed by atoms with Crippen molar-refractivity contribution < 1.29 is 0 Å². The Labute approximate surface area is 127 Å². The predicted octanol–water partition coefficient (Wildman–Crippen LogP) is 2.22. The van der Waals surface area contributed by atoms with Crippen LogP contribution in [0.3, 0.4) is 0 Å². The maximum atomic E-state index is 5.75. The van der Waals surface area contributed by atoms with E-state index >= 15 is 0 Å². The average molecular weight is 286 g/mol. The lowest BCUT2D eigenvalue weighted by Gasteiger charge is -2.16. The van der Waals surface area contributed by atoms with Crippen LogP contribution >= 0.6 is 0 Å². The van der Waals surface area contributed by atoms with Gasteiger partial charge in [0.1, 0.15) is 0 Å². The summed E-state index contributed by atoms with van der Waals surface area (Å²) in [5.41, 5.74) is 9.23. The first-order valence-electron chi connectivity index (χ1n) is 7.57. The summed E-state index contributed by atoms with van der Waals surface area (Å²) in [5.74, 6) is 5.75. The Morgan fingerprint density at radius 2 is 1.81 bits per heavy atom. The van der Waals surface area contributed by atoms with Crippen LogP contribution < -0.4 is 11.3 Å². The summed E-state index contributed by atoms with van der Waals surface area (Å²) < 4.78 is 1.96. The normalized spacial score (nSPS) is 12.6. The number of rotatable bonds is 6. The van der Waals surface area contributed by atoms with E-state index in [0.29, 0.717) is 0 Å². The summed E-state index contributed by atoms with van der Waals surface area (Å²) in [6.45, 7) is 6.40. The lowest BCUT2D eigenvalue weighted by Crippen LogP contribution is -2.38. The van der Waals surface area contributed by atoms with Crippen LogP contribution in [0.2, 0.25) is 0 Å². The molecule has 2 aromatic rings. The SMILES string of the molecule is CCc1cc(CC(Cc2cc(C)cc(C)c2)NN)n(C)n1. The van der Waals surface area contributed by atoms with Gasteiger partial charge in [0.25, 0.3) is 0 Å². The zero-order valence-corrected chi connectivity index (χ0v) is 13.5. The van der Waals surface area contributed by atoms with Crippen molar-refractivity contribution in [2.24, 2.45) is 12.9 Å². The second-order valence-corrected chi connectivity index (χ2v) is 5.87. The van der Waals surface area contributed by atoms with Crippen molar-refractivity contribution in [2.75, 3.05) is 0 Å². The smallest absolute Gasteiger partial charge is 0.0624 e. The van der Waals surface area contributed by atoms with Gasteiger partial charge in [0.05, 0.1) is 5.69 Å². The van der Waals surface area contributed by atoms with Crippen LogP contribution in [0.1, 0.15) is 35.0 Å². The molecule has 1 atom stereocenters. The largest absolute Gasteiger partial charge is 0.272 e. The van der Waals surface area contributed by atoms with E-state index < -0.39 is 0 Å². The molecule has 0 aliphatic rings. The van der Waals surface area contributed by atoms with Crippen molar-refractivity contribution in [3.8, 4) is 0 Å². The topological polar surface area (TPSA) is 55.9 Å². The summed E-state index contributed by atoms with van der Waals surface area (Å²) in [6, 6.07) is 9.05. The van der Waals surface area contributed by atoms with E-state index in [2.05, 4.69) is 55.6 Å². The molecule has 1 aromatic carbocycles. The zero-order valence-electron chi connectivity index (χ0n) is 13.5. The van der Waals surface area contributed by atoms with E-state index in [4.69, 9.17) is 5.84 Å². The van der Waals surface area contributed by atoms with Crippen LogP contribution in [0.4, 0.5) is 0 Å². The number of aromatic nitrogens is 2. The van der Waals surface area contributed by atoms with Gasteiger partial charge in [-0.25, -0.2) is 0 Å². The van der Waals surface area contributed by atoms with Gasteiger partial charge >= 0.3 is 0 Å². The van der Waals surface area contributed by atoms with Gasteiger partial charge in [-0.1, -0.05) is 36.2 Å². The third-order valence-corrected chi connectivity index (χ3v) is 3.84. The van der Waals surface area contributed by atoms with Crippen molar-refractivity contribution in [2.45, 2.75) is 46.1 Å². The van der Waals surface area contributed by atoms with E-state index in [0.717, 1.165) is 25.0 Å². The Bertz CT molecular complexity index is 581. The molecule has 1 aromatic heterocycles. The summed E-state index contributed by atoms with van der Waals surface area (Å²) in [6.07, 6.45) is 2.77. The van der Waals surface area contributed by atoms with Crippen molar-refractivity contribution >= 4 is 0 Å². The second kappa shape index (κ2) is 6.87. The highest BCUT2D eigenvalue weighted by Crippen LogP contribution is 2.14. The third-order valence-electron chi connectivity index (χ3n) is 3.84. The Morgan fingerprint density at radius 3 is 2.33 bits per heavy atom. The van der Waals surface area contributed by atoms with Crippen LogP contribution in [-0.4, -0.2) is 15.8 Å². The average Bonchev–Trinajstić information content (AvgIpc) is 2.77. The Balaban J connectivity index is 2.10. The van der Waals surface area contributed by atoms with Gasteiger partial charge < -0.3 is 0 Å².